The molecule has 1 aliphatic heterocycles. The minimum absolute atomic E-state index is 0.295. The summed E-state index contributed by atoms with van der Waals surface area (Å²) in [6.45, 7) is 5.42. The molecule has 0 spiro atoms. The fourth-order valence-corrected chi connectivity index (χ4v) is 3.81. The first-order valence-electron chi connectivity index (χ1n) is 9.79. The molecule has 3 rings (SSSR count). The number of rotatable bonds is 7. The van der Waals surface area contributed by atoms with Crippen LogP contribution in [0, 0.1) is 19.7 Å². The van der Waals surface area contributed by atoms with Gasteiger partial charge in [-0.2, -0.15) is 0 Å². The summed E-state index contributed by atoms with van der Waals surface area (Å²) in [7, 11) is 0. The number of urea groups is 1. The second kappa shape index (κ2) is 8.15. The third-order valence-electron chi connectivity index (χ3n) is 5.40. The van der Waals surface area contributed by atoms with Gasteiger partial charge in [0.2, 0.25) is 0 Å². The number of carbonyl (C=O) groups is 3. The summed E-state index contributed by atoms with van der Waals surface area (Å²) in [5.74, 6) is -1.19. The maximum atomic E-state index is 13.4. The molecule has 6 heteroatoms. The number of ketones is 1. The standard InChI is InChI=1S/C23H25FN2O3/c1-4-5-12-23(17-7-9-18(24)10-8-17)21(28)26(22(29)25-23)14-20(27)19-11-6-15(2)13-16(19)3/h6-11,13H,4-5,12,14H2,1-3H3,(H,25,29)/t23-/m0/s1. The van der Waals surface area contributed by atoms with Crippen LogP contribution in [0.5, 0.6) is 0 Å². The van der Waals surface area contributed by atoms with E-state index in [0.29, 0.717) is 24.0 Å². The molecule has 2 aromatic rings. The van der Waals surface area contributed by atoms with Crippen LogP contribution in [0.3, 0.4) is 0 Å². The SMILES string of the molecule is CCCC[C@@]1(c2ccc(F)cc2)NC(=O)N(CC(=O)c2ccc(C)cc2C)C1=O. The van der Waals surface area contributed by atoms with E-state index in [0.717, 1.165) is 22.4 Å². The highest BCUT2D eigenvalue weighted by atomic mass is 19.1. The highest BCUT2D eigenvalue weighted by molar-refractivity contribution is 6.11. The molecule has 3 amide bonds. The molecule has 0 saturated carbocycles. The molecule has 5 nitrogen and oxygen atoms in total. The van der Waals surface area contributed by atoms with E-state index in [1.807, 2.05) is 32.9 Å². The van der Waals surface area contributed by atoms with Gasteiger partial charge in [-0.1, -0.05) is 55.7 Å². The van der Waals surface area contributed by atoms with Crippen molar-refractivity contribution in [1.29, 1.82) is 0 Å². The van der Waals surface area contributed by atoms with Crippen LogP contribution in [0.1, 0.15) is 53.2 Å². The van der Waals surface area contributed by atoms with Crippen LogP contribution < -0.4 is 5.32 Å². The Bertz CT molecular complexity index is 955. The lowest BCUT2D eigenvalue weighted by Crippen LogP contribution is -2.44. The number of nitrogens with one attached hydrogen (secondary N) is 1. The normalized spacial score (nSPS) is 18.8. The second-order valence-electron chi connectivity index (χ2n) is 7.58. The zero-order valence-corrected chi connectivity index (χ0v) is 16.9. The van der Waals surface area contributed by atoms with Crippen LogP contribution in [0.2, 0.25) is 0 Å². The number of carbonyl (C=O) groups excluding carboxylic acids is 3. The average molecular weight is 396 g/mol. The molecule has 0 bridgehead atoms. The number of hydrogen-bond donors (Lipinski definition) is 1. The quantitative estimate of drug-likeness (QED) is 0.562. The Hall–Kier alpha value is -3.02. The van der Waals surface area contributed by atoms with Gasteiger partial charge in [0.15, 0.2) is 5.78 Å². The largest absolute Gasteiger partial charge is 0.325 e. The first-order chi connectivity index (χ1) is 13.8. The number of aryl methyl sites for hydroxylation is 2. The Morgan fingerprint density at radius 1 is 1.10 bits per heavy atom. The van der Waals surface area contributed by atoms with Crippen molar-refractivity contribution in [2.75, 3.05) is 6.54 Å². The summed E-state index contributed by atoms with van der Waals surface area (Å²) in [6, 6.07) is 10.4. The Balaban J connectivity index is 1.91. The molecular formula is C23H25FN2O3. The topological polar surface area (TPSA) is 66.5 Å². The van der Waals surface area contributed by atoms with E-state index >= 15 is 0 Å². The lowest BCUT2D eigenvalue weighted by atomic mass is 9.84. The number of unbranched alkanes of at least 4 members (excludes halogenated alkanes) is 1. The summed E-state index contributed by atoms with van der Waals surface area (Å²) in [6.07, 6.45) is 1.91. The first-order valence-corrected chi connectivity index (χ1v) is 9.79. The molecule has 1 fully saturated rings. The Labute approximate surface area is 169 Å². The highest BCUT2D eigenvalue weighted by Crippen LogP contribution is 2.34. The number of benzene rings is 2. The zero-order chi connectivity index (χ0) is 21.2. The second-order valence-corrected chi connectivity index (χ2v) is 7.58. The Kier molecular flexibility index (Phi) is 5.82. The van der Waals surface area contributed by atoms with Gasteiger partial charge >= 0.3 is 6.03 Å². The molecule has 1 saturated heterocycles. The molecule has 0 aromatic heterocycles. The predicted octanol–water partition coefficient (Wildman–Crippen LogP) is 4.26. The van der Waals surface area contributed by atoms with Crippen molar-refractivity contribution in [2.45, 2.75) is 45.6 Å². The monoisotopic (exact) mass is 396 g/mol. The van der Waals surface area contributed by atoms with Crippen molar-refractivity contribution in [2.24, 2.45) is 0 Å². The van der Waals surface area contributed by atoms with Crippen molar-refractivity contribution < 1.29 is 18.8 Å². The number of amides is 3. The summed E-state index contributed by atoms with van der Waals surface area (Å²) in [4.78, 5) is 39.8. The molecule has 1 atom stereocenters. The predicted molar refractivity (Wildman–Crippen MR) is 108 cm³/mol. The Morgan fingerprint density at radius 3 is 2.41 bits per heavy atom. The van der Waals surface area contributed by atoms with E-state index in [-0.39, 0.29) is 12.3 Å². The van der Waals surface area contributed by atoms with E-state index in [2.05, 4.69) is 5.32 Å². The molecule has 0 radical (unpaired) electrons. The summed E-state index contributed by atoms with van der Waals surface area (Å²) < 4.78 is 13.4. The number of halogens is 1. The molecule has 1 heterocycles. The van der Waals surface area contributed by atoms with Crippen LogP contribution in [0.25, 0.3) is 0 Å². The minimum atomic E-state index is -1.27. The third-order valence-corrected chi connectivity index (χ3v) is 5.40. The maximum absolute atomic E-state index is 13.4. The van der Waals surface area contributed by atoms with Crippen molar-refractivity contribution in [1.82, 2.24) is 10.2 Å². The van der Waals surface area contributed by atoms with Crippen molar-refractivity contribution >= 4 is 17.7 Å². The smallest absolute Gasteiger partial charge is 0.319 e. The van der Waals surface area contributed by atoms with Gasteiger partial charge in [0.05, 0.1) is 6.54 Å². The lowest BCUT2D eigenvalue weighted by Gasteiger charge is -2.27. The van der Waals surface area contributed by atoms with E-state index in [1.165, 1.54) is 24.3 Å². The summed E-state index contributed by atoms with van der Waals surface area (Å²) >= 11 is 0. The van der Waals surface area contributed by atoms with E-state index in [9.17, 15) is 18.8 Å². The van der Waals surface area contributed by atoms with E-state index < -0.39 is 23.3 Å². The van der Waals surface area contributed by atoms with Gasteiger partial charge < -0.3 is 5.32 Å². The van der Waals surface area contributed by atoms with E-state index in [1.54, 1.807) is 6.07 Å². The van der Waals surface area contributed by atoms with Crippen LogP contribution in [-0.2, 0) is 10.3 Å². The van der Waals surface area contributed by atoms with Crippen molar-refractivity contribution in [3.8, 4) is 0 Å². The van der Waals surface area contributed by atoms with Gasteiger partial charge in [0.1, 0.15) is 11.4 Å². The van der Waals surface area contributed by atoms with Crippen LogP contribution in [0.4, 0.5) is 9.18 Å². The van der Waals surface area contributed by atoms with Gasteiger partial charge in [-0.25, -0.2) is 9.18 Å². The number of hydrogen-bond acceptors (Lipinski definition) is 3. The number of Topliss-reactive ketones (excluding diaryl/α,β-unsaturated/α-hetero) is 1. The molecule has 1 N–H and O–H groups in total. The Morgan fingerprint density at radius 2 is 1.79 bits per heavy atom. The van der Waals surface area contributed by atoms with Gasteiger partial charge in [-0.3, -0.25) is 14.5 Å². The molecule has 0 aliphatic carbocycles. The number of imide groups is 1. The molecule has 0 unspecified atom stereocenters. The third kappa shape index (κ3) is 3.92. The van der Waals surface area contributed by atoms with Gasteiger partial charge in [-0.05, 0) is 43.5 Å². The molecular weight excluding hydrogens is 371 g/mol. The fourth-order valence-electron chi connectivity index (χ4n) is 3.81. The van der Waals surface area contributed by atoms with Gasteiger partial charge in [0, 0.05) is 5.56 Å². The molecule has 152 valence electrons. The summed E-state index contributed by atoms with van der Waals surface area (Å²) in [5.41, 5.74) is 1.57. The van der Waals surface area contributed by atoms with Crippen LogP contribution >= 0.6 is 0 Å². The van der Waals surface area contributed by atoms with E-state index in [4.69, 9.17) is 0 Å². The molecule has 29 heavy (non-hydrogen) atoms. The molecule has 2 aromatic carbocycles. The lowest BCUT2D eigenvalue weighted by molar-refractivity contribution is -0.131. The van der Waals surface area contributed by atoms with Crippen molar-refractivity contribution in [3.05, 3.63) is 70.5 Å². The number of nitrogens with zero attached hydrogens (tertiary/aromatic N) is 1. The van der Waals surface area contributed by atoms with Crippen LogP contribution in [-0.4, -0.2) is 29.2 Å². The average Bonchev–Trinajstić information content (AvgIpc) is 2.92. The van der Waals surface area contributed by atoms with Crippen LogP contribution in [0.15, 0.2) is 42.5 Å². The zero-order valence-electron chi connectivity index (χ0n) is 16.9. The summed E-state index contributed by atoms with van der Waals surface area (Å²) in [5, 5.41) is 2.78. The van der Waals surface area contributed by atoms with Gasteiger partial charge in [0.25, 0.3) is 5.91 Å². The molecule has 1 aliphatic rings. The maximum Gasteiger partial charge on any atom is 0.325 e. The fraction of sp³-hybridized carbons (Fsp3) is 0.348. The highest BCUT2D eigenvalue weighted by Gasteiger charge is 2.52. The van der Waals surface area contributed by atoms with Gasteiger partial charge in [-0.15, -0.1) is 0 Å². The first kappa shape index (κ1) is 20.7. The van der Waals surface area contributed by atoms with Crippen molar-refractivity contribution in [3.63, 3.8) is 0 Å². The minimum Gasteiger partial charge on any atom is -0.319 e.